The highest BCUT2D eigenvalue weighted by atomic mass is 35.5. The zero-order valence-corrected chi connectivity index (χ0v) is 25.0. The molecule has 1 N–H and O–H groups in total. The lowest BCUT2D eigenvalue weighted by molar-refractivity contribution is -0.141. The van der Waals surface area contributed by atoms with Gasteiger partial charge in [0.25, 0.3) is 0 Å². The average molecular weight is 604 g/mol. The van der Waals surface area contributed by atoms with Crippen molar-refractivity contribution < 1.29 is 18.0 Å². The summed E-state index contributed by atoms with van der Waals surface area (Å²) in [5.74, 6) is -0.818. The molecule has 42 heavy (non-hydrogen) atoms. The molecular weight excluding hydrogens is 570 g/mol. The molecule has 9 heteroatoms. The summed E-state index contributed by atoms with van der Waals surface area (Å²) in [6.07, 6.45) is 1.33. The molecule has 0 radical (unpaired) electrons. The van der Waals surface area contributed by atoms with E-state index < -0.39 is 28.5 Å². The van der Waals surface area contributed by atoms with E-state index in [4.69, 9.17) is 11.6 Å². The molecule has 218 valence electrons. The highest BCUT2D eigenvalue weighted by Gasteiger charge is 2.32. The lowest BCUT2D eigenvalue weighted by Gasteiger charge is -2.33. The molecule has 2 amide bonds. The van der Waals surface area contributed by atoms with Gasteiger partial charge in [0.2, 0.25) is 21.8 Å². The molecule has 7 nitrogen and oxygen atoms in total. The van der Waals surface area contributed by atoms with E-state index in [0.29, 0.717) is 5.02 Å². The van der Waals surface area contributed by atoms with Gasteiger partial charge in [-0.1, -0.05) is 115 Å². The molecular formula is C33H34ClN3O4S. The van der Waals surface area contributed by atoms with Crippen molar-refractivity contribution in [3.05, 3.63) is 143 Å². The predicted molar refractivity (Wildman–Crippen MR) is 166 cm³/mol. The van der Waals surface area contributed by atoms with Crippen LogP contribution < -0.4 is 5.32 Å². The molecule has 0 aliphatic rings. The second-order valence-corrected chi connectivity index (χ2v) is 12.5. The minimum atomic E-state index is -3.75. The highest BCUT2D eigenvalue weighted by Crippen LogP contribution is 2.18. The second-order valence-electron chi connectivity index (χ2n) is 10.1. The summed E-state index contributed by atoms with van der Waals surface area (Å²) < 4.78 is 26.7. The Hall–Kier alpha value is -3.98. The SMILES string of the molecule is CS(=O)(=O)N(CC(=O)N(Cc1ccc(Cl)cc1)[C@H](Cc1ccccc1)C(=O)NCc1ccccc1)Cc1ccccc1. The van der Waals surface area contributed by atoms with E-state index in [1.165, 1.54) is 4.90 Å². The van der Waals surface area contributed by atoms with E-state index in [0.717, 1.165) is 32.8 Å². The number of hydrogen-bond acceptors (Lipinski definition) is 4. The van der Waals surface area contributed by atoms with Crippen molar-refractivity contribution in [1.82, 2.24) is 14.5 Å². The standard InChI is InChI=1S/C33H34ClN3O4S/c1-42(40,41)36(23-28-15-9-4-10-16-28)25-32(38)37(24-29-17-19-30(34)20-18-29)31(21-26-11-5-2-6-12-26)33(39)35-22-27-13-7-3-8-14-27/h2-20,31H,21-25H2,1H3,(H,35,39)/t31-/m1/s1. The van der Waals surface area contributed by atoms with Gasteiger partial charge in [-0.2, -0.15) is 4.31 Å². The molecule has 0 unspecified atom stereocenters. The van der Waals surface area contributed by atoms with Gasteiger partial charge in [0.1, 0.15) is 6.04 Å². The Morgan fingerprint density at radius 3 is 1.76 bits per heavy atom. The lowest BCUT2D eigenvalue weighted by atomic mass is 10.0. The third-order valence-electron chi connectivity index (χ3n) is 6.83. The Balaban J connectivity index is 1.67. The Labute approximate surface area is 252 Å². The van der Waals surface area contributed by atoms with Crippen LogP contribution in [0.1, 0.15) is 22.3 Å². The van der Waals surface area contributed by atoms with Crippen LogP contribution in [-0.2, 0) is 45.7 Å². The first kappa shape index (κ1) is 31.0. The number of benzene rings is 4. The van der Waals surface area contributed by atoms with Crippen LogP contribution in [-0.4, -0.2) is 48.3 Å². The van der Waals surface area contributed by atoms with Crippen molar-refractivity contribution in [3.8, 4) is 0 Å². The van der Waals surface area contributed by atoms with Crippen molar-refractivity contribution in [2.45, 2.75) is 32.1 Å². The fourth-order valence-electron chi connectivity index (χ4n) is 4.56. The smallest absolute Gasteiger partial charge is 0.243 e. The van der Waals surface area contributed by atoms with E-state index >= 15 is 0 Å². The Kier molecular flexibility index (Phi) is 10.9. The molecule has 0 aliphatic carbocycles. The number of halogens is 1. The van der Waals surface area contributed by atoms with E-state index in [1.807, 2.05) is 91.0 Å². The summed E-state index contributed by atoms with van der Waals surface area (Å²) in [7, 11) is -3.75. The van der Waals surface area contributed by atoms with Crippen LogP contribution in [0.4, 0.5) is 0 Å². The number of carbonyl (C=O) groups excluding carboxylic acids is 2. The lowest BCUT2D eigenvalue weighted by Crippen LogP contribution is -2.53. The third kappa shape index (κ3) is 9.27. The number of carbonyl (C=O) groups is 2. The molecule has 0 saturated heterocycles. The molecule has 4 aromatic carbocycles. The Bertz CT molecular complexity index is 1550. The number of nitrogens with one attached hydrogen (secondary N) is 1. The summed E-state index contributed by atoms with van der Waals surface area (Å²) >= 11 is 6.11. The zero-order chi connectivity index (χ0) is 30.0. The summed E-state index contributed by atoms with van der Waals surface area (Å²) in [6, 6.07) is 34.2. The number of rotatable bonds is 13. The fourth-order valence-corrected chi connectivity index (χ4v) is 5.42. The first-order chi connectivity index (χ1) is 20.2. The van der Waals surface area contributed by atoms with Crippen molar-refractivity contribution in [2.24, 2.45) is 0 Å². The average Bonchev–Trinajstić information content (AvgIpc) is 2.99. The fraction of sp³-hybridized carbons (Fsp3) is 0.212. The van der Waals surface area contributed by atoms with Gasteiger partial charge >= 0.3 is 0 Å². The monoisotopic (exact) mass is 603 g/mol. The van der Waals surface area contributed by atoms with E-state index in [9.17, 15) is 18.0 Å². The first-order valence-electron chi connectivity index (χ1n) is 13.6. The quantitative estimate of drug-likeness (QED) is 0.231. The maximum atomic E-state index is 14.1. The minimum absolute atomic E-state index is 0.0315. The number of sulfonamides is 1. The molecule has 0 aliphatic heterocycles. The zero-order valence-electron chi connectivity index (χ0n) is 23.4. The summed E-state index contributed by atoms with van der Waals surface area (Å²) in [5.41, 5.74) is 3.30. The third-order valence-corrected chi connectivity index (χ3v) is 8.28. The maximum absolute atomic E-state index is 14.1. The summed E-state index contributed by atoms with van der Waals surface area (Å²) in [5, 5.41) is 3.53. The highest BCUT2D eigenvalue weighted by molar-refractivity contribution is 7.88. The Morgan fingerprint density at radius 2 is 1.21 bits per heavy atom. The predicted octanol–water partition coefficient (Wildman–Crippen LogP) is 5.06. The summed E-state index contributed by atoms with van der Waals surface area (Å²) in [4.78, 5) is 29.4. The molecule has 0 heterocycles. The van der Waals surface area contributed by atoms with E-state index in [2.05, 4.69) is 5.32 Å². The normalized spacial score (nSPS) is 12.1. The molecule has 0 saturated carbocycles. The van der Waals surface area contributed by atoms with Crippen LogP contribution in [0.15, 0.2) is 115 Å². The van der Waals surface area contributed by atoms with Crippen molar-refractivity contribution in [2.75, 3.05) is 12.8 Å². The van der Waals surface area contributed by atoms with Gasteiger partial charge in [-0.25, -0.2) is 8.42 Å². The number of amides is 2. The molecule has 0 aromatic heterocycles. The molecule has 4 aromatic rings. The molecule has 0 bridgehead atoms. The number of hydrogen-bond donors (Lipinski definition) is 1. The molecule has 0 spiro atoms. The second kappa shape index (κ2) is 14.8. The van der Waals surface area contributed by atoms with Gasteiger partial charge in [0.15, 0.2) is 0 Å². The number of nitrogens with zero attached hydrogens (tertiary/aromatic N) is 2. The van der Waals surface area contributed by atoms with Gasteiger partial charge in [-0.3, -0.25) is 9.59 Å². The van der Waals surface area contributed by atoms with Crippen LogP contribution in [0.5, 0.6) is 0 Å². The van der Waals surface area contributed by atoms with E-state index in [1.54, 1.807) is 24.3 Å². The van der Waals surface area contributed by atoms with Gasteiger partial charge in [0, 0.05) is 31.1 Å². The van der Waals surface area contributed by atoms with Crippen LogP contribution >= 0.6 is 11.6 Å². The van der Waals surface area contributed by atoms with Crippen LogP contribution in [0.2, 0.25) is 5.02 Å². The van der Waals surface area contributed by atoms with Gasteiger partial charge in [-0.05, 0) is 34.4 Å². The largest absolute Gasteiger partial charge is 0.350 e. The van der Waals surface area contributed by atoms with Crippen molar-refractivity contribution in [1.29, 1.82) is 0 Å². The Morgan fingerprint density at radius 1 is 0.714 bits per heavy atom. The van der Waals surface area contributed by atoms with Crippen LogP contribution in [0.25, 0.3) is 0 Å². The summed E-state index contributed by atoms with van der Waals surface area (Å²) in [6.45, 7) is -0.00503. The van der Waals surface area contributed by atoms with Gasteiger partial charge in [-0.15, -0.1) is 0 Å². The molecule has 4 rings (SSSR count). The van der Waals surface area contributed by atoms with Gasteiger partial charge in [0.05, 0.1) is 12.8 Å². The van der Waals surface area contributed by atoms with E-state index in [-0.39, 0.29) is 32.0 Å². The van der Waals surface area contributed by atoms with Crippen LogP contribution in [0.3, 0.4) is 0 Å². The molecule has 1 atom stereocenters. The van der Waals surface area contributed by atoms with Crippen molar-refractivity contribution >= 4 is 33.4 Å². The first-order valence-corrected chi connectivity index (χ1v) is 15.8. The maximum Gasteiger partial charge on any atom is 0.243 e. The van der Waals surface area contributed by atoms with Crippen LogP contribution in [0, 0.1) is 0 Å². The molecule has 0 fully saturated rings. The topological polar surface area (TPSA) is 86.8 Å². The minimum Gasteiger partial charge on any atom is -0.350 e. The van der Waals surface area contributed by atoms with Crippen molar-refractivity contribution in [3.63, 3.8) is 0 Å². The van der Waals surface area contributed by atoms with Gasteiger partial charge < -0.3 is 10.2 Å².